The molecule has 1 amide bonds. The Labute approximate surface area is 181 Å². The second kappa shape index (κ2) is 10.3. The highest BCUT2D eigenvalue weighted by Gasteiger charge is 2.50. The molecule has 2 aliphatic rings. The number of aliphatic carboxylic acids is 1. The van der Waals surface area contributed by atoms with Crippen LogP contribution >= 0.6 is 11.8 Å². The fourth-order valence-corrected chi connectivity index (χ4v) is 5.90. The van der Waals surface area contributed by atoms with Gasteiger partial charge in [0.2, 0.25) is 5.91 Å². The van der Waals surface area contributed by atoms with E-state index in [1.54, 1.807) is 25.6 Å². The van der Waals surface area contributed by atoms with Gasteiger partial charge in [-0.1, -0.05) is 30.3 Å². The van der Waals surface area contributed by atoms with E-state index in [4.69, 9.17) is 4.74 Å². The van der Waals surface area contributed by atoms with Gasteiger partial charge in [-0.25, -0.2) is 4.79 Å². The maximum absolute atomic E-state index is 13.1. The van der Waals surface area contributed by atoms with E-state index >= 15 is 0 Å². The van der Waals surface area contributed by atoms with Crippen molar-refractivity contribution in [3.63, 3.8) is 0 Å². The summed E-state index contributed by atoms with van der Waals surface area (Å²) in [5.74, 6) is -0.665. The molecule has 0 aromatic heterocycles. The van der Waals surface area contributed by atoms with Gasteiger partial charge < -0.3 is 14.7 Å². The lowest BCUT2D eigenvalue weighted by Crippen LogP contribution is -2.54. The van der Waals surface area contributed by atoms with Gasteiger partial charge >= 0.3 is 11.9 Å². The van der Waals surface area contributed by atoms with Crippen molar-refractivity contribution in [1.82, 2.24) is 10.2 Å². The number of likely N-dealkylation sites (tertiary alicyclic amines) is 1. The van der Waals surface area contributed by atoms with Gasteiger partial charge in [-0.05, 0) is 44.4 Å². The lowest BCUT2D eigenvalue weighted by atomic mass is 9.97. The van der Waals surface area contributed by atoms with E-state index in [1.807, 2.05) is 30.3 Å². The molecule has 164 valence electrons. The number of carboxylic acids is 1. The number of carbonyl (C=O) groups is 3. The van der Waals surface area contributed by atoms with Crippen LogP contribution in [0.1, 0.15) is 32.3 Å². The summed E-state index contributed by atoms with van der Waals surface area (Å²) >= 11 is 1.75. The molecule has 0 saturated carbocycles. The zero-order chi connectivity index (χ0) is 21.7. The number of esters is 1. The predicted molar refractivity (Wildman–Crippen MR) is 115 cm³/mol. The Kier molecular flexibility index (Phi) is 7.77. The van der Waals surface area contributed by atoms with Crippen LogP contribution in [0, 0.1) is 5.92 Å². The van der Waals surface area contributed by atoms with Crippen LogP contribution in [-0.2, 0) is 25.5 Å². The van der Waals surface area contributed by atoms with Crippen molar-refractivity contribution in [2.75, 3.05) is 18.9 Å². The SMILES string of the molecule is CCOC(=O)C(CCc1ccccc1)N[C@@H](C)C(=O)N1CC2SCCC2C1C(=O)O. The molecule has 2 heterocycles. The minimum atomic E-state index is -0.948. The number of rotatable bonds is 9. The lowest BCUT2D eigenvalue weighted by Gasteiger charge is -2.29. The number of thioether (sulfide) groups is 1. The minimum absolute atomic E-state index is 0.00239. The zero-order valence-corrected chi connectivity index (χ0v) is 18.3. The van der Waals surface area contributed by atoms with Gasteiger partial charge in [0, 0.05) is 17.7 Å². The first-order chi connectivity index (χ1) is 14.4. The largest absolute Gasteiger partial charge is 0.480 e. The van der Waals surface area contributed by atoms with Crippen LogP contribution in [0.25, 0.3) is 0 Å². The standard InChI is InChI=1S/C22H30N2O5S/c1-3-29-22(28)17(10-9-15-7-5-4-6-8-15)23-14(2)20(25)24-13-18-16(11-12-30-18)19(24)21(26)27/h4-8,14,16-19,23H,3,9-13H2,1-2H3,(H,26,27)/t14-,16?,17?,18?,19?/m0/s1. The molecule has 0 aliphatic carbocycles. The molecule has 5 atom stereocenters. The van der Waals surface area contributed by atoms with Gasteiger partial charge in [0.05, 0.1) is 12.6 Å². The number of ether oxygens (including phenoxy) is 1. The van der Waals surface area contributed by atoms with E-state index in [0.29, 0.717) is 19.4 Å². The van der Waals surface area contributed by atoms with E-state index < -0.39 is 30.1 Å². The number of hydrogen-bond acceptors (Lipinski definition) is 6. The summed E-state index contributed by atoms with van der Waals surface area (Å²) < 4.78 is 5.19. The molecular formula is C22H30N2O5S. The zero-order valence-electron chi connectivity index (χ0n) is 17.5. The van der Waals surface area contributed by atoms with Gasteiger partial charge in [-0.2, -0.15) is 11.8 Å². The van der Waals surface area contributed by atoms with Crippen molar-refractivity contribution in [3.8, 4) is 0 Å². The summed E-state index contributed by atoms with van der Waals surface area (Å²) in [6.45, 7) is 4.15. The number of fused-ring (bicyclic) bond motifs is 1. The average Bonchev–Trinajstić information content (AvgIpc) is 3.32. The highest BCUT2D eigenvalue weighted by molar-refractivity contribution is 8.00. The van der Waals surface area contributed by atoms with Gasteiger partial charge in [-0.15, -0.1) is 0 Å². The van der Waals surface area contributed by atoms with E-state index in [9.17, 15) is 19.5 Å². The van der Waals surface area contributed by atoms with Gasteiger partial charge in [0.1, 0.15) is 12.1 Å². The normalized spacial score (nSPS) is 24.9. The van der Waals surface area contributed by atoms with Crippen LogP contribution in [0.3, 0.4) is 0 Å². The number of hydrogen-bond donors (Lipinski definition) is 2. The Balaban J connectivity index is 1.66. The lowest BCUT2D eigenvalue weighted by molar-refractivity contribution is -0.151. The Morgan fingerprint density at radius 2 is 2.03 bits per heavy atom. The fourth-order valence-electron chi connectivity index (χ4n) is 4.39. The van der Waals surface area contributed by atoms with Crippen molar-refractivity contribution in [3.05, 3.63) is 35.9 Å². The molecule has 30 heavy (non-hydrogen) atoms. The summed E-state index contributed by atoms with van der Waals surface area (Å²) in [6.07, 6.45) is 1.98. The minimum Gasteiger partial charge on any atom is -0.480 e. The molecule has 2 N–H and O–H groups in total. The summed E-state index contributed by atoms with van der Waals surface area (Å²) in [7, 11) is 0. The number of carbonyl (C=O) groups excluding carboxylic acids is 2. The monoisotopic (exact) mass is 434 g/mol. The molecule has 7 nitrogen and oxygen atoms in total. The first-order valence-corrected chi connectivity index (χ1v) is 11.6. The van der Waals surface area contributed by atoms with Crippen molar-refractivity contribution < 1.29 is 24.2 Å². The molecular weight excluding hydrogens is 404 g/mol. The Morgan fingerprint density at radius 1 is 1.30 bits per heavy atom. The van der Waals surface area contributed by atoms with Crippen LogP contribution in [0.4, 0.5) is 0 Å². The third-order valence-electron chi connectivity index (χ3n) is 5.87. The fraction of sp³-hybridized carbons (Fsp3) is 0.591. The molecule has 3 rings (SSSR count). The topological polar surface area (TPSA) is 95.9 Å². The number of nitrogens with zero attached hydrogens (tertiary/aromatic N) is 1. The number of nitrogens with one attached hydrogen (secondary N) is 1. The maximum Gasteiger partial charge on any atom is 0.326 e. The molecule has 2 saturated heterocycles. The van der Waals surface area contributed by atoms with E-state index in [2.05, 4.69) is 5.32 Å². The van der Waals surface area contributed by atoms with Crippen LogP contribution in [0.5, 0.6) is 0 Å². The second-order valence-corrected chi connectivity index (χ2v) is 9.20. The van der Waals surface area contributed by atoms with Crippen LogP contribution in [0.15, 0.2) is 30.3 Å². The number of aryl methyl sites for hydroxylation is 1. The number of amides is 1. The average molecular weight is 435 g/mol. The number of carboxylic acid groups (broad SMARTS) is 1. The van der Waals surface area contributed by atoms with Gasteiger partial charge in [0.25, 0.3) is 0 Å². The van der Waals surface area contributed by atoms with Crippen molar-refractivity contribution in [2.24, 2.45) is 5.92 Å². The third kappa shape index (κ3) is 5.16. The van der Waals surface area contributed by atoms with E-state index in [-0.39, 0.29) is 23.7 Å². The van der Waals surface area contributed by atoms with E-state index in [0.717, 1.165) is 17.7 Å². The van der Waals surface area contributed by atoms with E-state index in [1.165, 1.54) is 4.90 Å². The first-order valence-electron chi connectivity index (χ1n) is 10.5. The molecule has 4 unspecified atom stereocenters. The summed E-state index contributed by atoms with van der Waals surface area (Å²) in [4.78, 5) is 38.9. The summed E-state index contributed by atoms with van der Waals surface area (Å²) in [5.41, 5.74) is 1.10. The molecule has 2 fully saturated rings. The highest BCUT2D eigenvalue weighted by atomic mass is 32.2. The molecule has 2 aliphatic heterocycles. The van der Waals surface area contributed by atoms with Crippen LogP contribution < -0.4 is 5.32 Å². The van der Waals surface area contributed by atoms with Crippen LogP contribution in [0.2, 0.25) is 0 Å². The van der Waals surface area contributed by atoms with Crippen LogP contribution in [-0.4, -0.2) is 70.1 Å². The van der Waals surface area contributed by atoms with Gasteiger partial charge in [0.15, 0.2) is 0 Å². The molecule has 8 heteroatoms. The molecule has 0 radical (unpaired) electrons. The molecule has 0 spiro atoms. The van der Waals surface area contributed by atoms with Crippen molar-refractivity contribution in [1.29, 1.82) is 0 Å². The second-order valence-electron chi connectivity index (χ2n) is 7.85. The van der Waals surface area contributed by atoms with Crippen molar-refractivity contribution >= 4 is 29.6 Å². The summed E-state index contributed by atoms with van der Waals surface area (Å²) in [5, 5.41) is 13.0. The highest BCUT2D eigenvalue weighted by Crippen LogP contribution is 2.42. The Bertz CT molecular complexity index is 759. The van der Waals surface area contributed by atoms with Gasteiger partial charge in [-0.3, -0.25) is 14.9 Å². The first kappa shape index (κ1) is 22.6. The molecule has 1 aromatic rings. The summed E-state index contributed by atoms with van der Waals surface area (Å²) in [6, 6.07) is 7.72. The predicted octanol–water partition coefficient (Wildman–Crippen LogP) is 1.95. The molecule has 0 bridgehead atoms. The molecule has 1 aromatic carbocycles. The number of benzene rings is 1. The Morgan fingerprint density at radius 3 is 2.70 bits per heavy atom. The Hall–Kier alpha value is -2.06. The third-order valence-corrected chi connectivity index (χ3v) is 7.27. The quantitative estimate of drug-likeness (QED) is 0.574. The maximum atomic E-state index is 13.1. The van der Waals surface area contributed by atoms with Crippen molar-refractivity contribution in [2.45, 2.75) is 56.5 Å². The smallest absolute Gasteiger partial charge is 0.326 e.